The van der Waals surface area contributed by atoms with Gasteiger partial charge in [0.05, 0.1) is 17.5 Å². The van der Waals surface area contributed by atoms with Gasteiger partial charge in [0, 0.05) is 18.6 Å². The van der Waals surface area contributed by atoms with Crippen LogP contribution in [0.5, 0.6) is 0 Å². The molecule has 0 spiro atoms. The van der Waals surface area contributed by atoms with E-state index < -0.39 is 9.84 Å². The number of aromatic nitrogens is 1. The lowest BCUT2D eigenvalue weighted by Crippen LogP contribution is -2.07. The molecule has 0 bridgehead atoms. The molecule has 0 radical (unpaired) electrons. The molecule has 0 aromatic carbocycles. The highest BCUT2D eigenvalue weighted by molar-refractivity contribution is 7.91. The average molecular weight is 224 g/mol. The standard InChI is InChI=1S/C10H12N2O2S/c13-15(14)6-3-10(8-15)12-7-9-1-4-11-5-2-9/h1-2,4-5,7,10H,3,6,8H2/t10-/m0/s1. The normalized spacial score (nSPS) is 24.7. The molecule has 80 valence electrons. The van der Waals surface area contributed by atoms with Crippen LogP contribution in [0, 0.1) is 0 Å². The molecule has 4 nitrogen and oxygen atoms in total. The summed E-state index contributed by atoms with van der Waals surface area (Å²) in [5.74, 6) is 0.458. The van der Waals surface area contributed by atoms with E-state index in [-0.39, 0.29) is 17.5 Å². The fourth-order valence-electron chi connectivity index (χ4n) is 1.53. The van der Waals surface area contributed by atoms with E-state index in [0.717, 1.165) is 5.56 Å². The summed E-state index contributed by atoms with van der Waals surface area (Å²) in [6.45, 7) is 0. The highest BCUT2D eigenvalue weighted by Crippen LogP contribution is 2.14. The highest BCUT2D eigenvalue weighted by Gasteiger charge is 2.26. The Balaban J connectivity index is 2.02. The highest BCUT2D eigenvalue weighted by atomic mass is 32.2. The number of nitrogens with zero attached hydrogens (tertiary/aromatic N) is 2. The van der Waals surface area contributed by atoms with E-state index >= 15 is 0 Å². The molecule has 2 heterocycles. The number of pyridine rings is 1. The van der Waals surface area contributed by atoms with Gasteiger partial charge in [-0.1, -0.05) is 0 Å². The van der Waals surface area contributed by atoms with Crippen molar-refractivity contribution in [2.45, 2.75) is 12.5 Å². The number of aliphatic imine (C=N–C) groups is 1. The molecule has 2 rings (SSSR count). The van der Waals surface area contributed by atoms with Crippen molar-refractivity contribution < 1.29 is 8.42 Å². The van der Waals surface area contributed by atoms with Crippen molar-refractivity contribution in [2.75, 3.05) is 11.5 Å². The second kappa shape index (κ2) is 4.10. The summed E-state index contributed by atoms with van der Waals surface area (Å²) in [5.41, 5.74) is 0.953. The van der Waals surface area contributed by atoms with Gasteiger partial charge in [-0.05, 0) is 24.1 Å². The molecule has 0 saturated carbocycles. The molecule has 1 aromatic rings. The topological polar surface area (TPSA) is 59.4 Å². The summed E-state index contributed by atoms with van der Waals surface area (Å²) in [4.78, 5) is 8.15. The lowest BCUT2D eigenvalue weighted by Gasteiger charge is -1.98. The van der Waals surface area contributed by atoms with Gasteiger partial charge in [-0.15, -0.1) is 0 Å². The van der Waals surface area contributed by atoms with E-state index in [9.17, 15) is 8.42 Å². The van der Waals surface area contributed by atoms with Crippen LogP contribution >= 0.6 is 0 Å². The number of hydrogen-bond donors (Lipinski definition) is 0. The van der Waals surface area contributed by atoms with E-state index in [1.165, 1.54) is 0 Å². The van der Waals surface area contributed by atoms with Gasteiger partial charge in [0.1, 0.15) is 0 Å². The molecule has 1 atom stereocenters. The predicted octanol–water partition coefficient (Wildman–Crippen LogP) is 0.688. The molecular formula is C10H12N2O2S. The maximum Gasteiger partial charge on any atom is 0.152 e. The Hall–Kier alpha value is -1.23. The van der Waals surface area contributed by atoms with Crippen LogP contribution in [0.4, 0.5) is 0 Å². The van der Waals surface area contributed by atoms with E-state index in [4.69, 9.17) is 0 Å². The molecule has 1 aromatic heterocycles. The number of rotatable bonds is 2. The van der Waals surface area contributed by atoms with Gasteiger partial charge in [-0.3, -0.25) is 9.98 Å². The fraction of sp³-hybridized carbons (Fsp3) is 0.400. The van der Waals surface area contributed by atoms with E-state index in [1.54, 1.807) is 18.6 Å². The van der Waals surface area contributed by atoms with Gasteiger partial charge < -0.3 is 0 Å². The van der Waals surface area contributed by atoms with Crippen LogP contribution in [-0.2, 0) is 9.84 Å². The van der Waals surface area contributed by atoms with Crippen LogP contribution in [0.15, 0.2) is 29.5 Å². The first-order valence-corrected chi connectivity index (χ1v) is 6.61. The molecule has 5 heteroatoms. The zero-order valence-electron chi connectivity index (χ0n) is 8.20. The van der Waals surface area contributed by atoms with Gasteiger partial charge in [-0.2, -0.15) is 0 Å². The second-order valence-corrected chi connectivity index (χ2v) is 5.84. The summed E-state index contributed by atoms with van der Waals surface area (Å²) in [5, 5.41) is 0. The van der Waals surface area contributed by atoms with E-state index in [0.29, 0.717) is 6.42 Å². The minimum absolute atomic E-state index is 0.0665. The Labute approximate surface area is 89.0 Å². The van der Waals surface area contributed by atoms with Crippen LogP contribution in [0.25, 0.3) is 0 Å². The molecule has 1 aliphatic rings. The average Bonchev–Trinajstić information content (AvgIpc) is 2.57. The Bertz CT molecular complexity index is 454. The third-order valence-electron chi connectivity index (χ3n) is 2.35. The van der Waals surface area contributed by atoms with Gasteiger partial charge in [0.15, 0.2) is 9.84 Å². The monoisotopic (exact) mass is 224 g/mol. The SMILES string of the molecule is O=S1(=O)CC[C@H](N=Cc2ccncc2)C1. The first kappa shape index (κ1) is 10.3. The zero-order chi connectivity index (χ0) is 10.7. The maximum absolute atomic E-state index is 11.2. The Morgan fingerprint density at radius 1 is 1.40 bits per heavy atom. The van der Waals surface area contributed by atoms with Gasteiger partial charge >= 0.3 is 0 Å². The van der Waals surface area contributed by atoms with Crippen LogP contribution in [0.1, 0.15) is 12.0 Å². The van der Waals surface area contributed by atoms with Crippen LogP contribution in [0.2, 0.25) is 0 Å². The first-order chi connectivity index (χ1) is 7.16. The molecule has 0 unspecified atom stereocenters. The predicted molar refractivity (Wildman–Crippen MR) is 58.9 cm³/mol. The molecule has 0 N–H and O–H groups in total. The summed E-state index contributed by atoms with van der Waals surface area (Å²) < 4.78 is 22.3. The van der Waals surface area contributed by atoms with Gasteiger partial charge in [0.2, 0.25) is 0 Å². The van der Waals surface area contributed by atoms with Crippen molar-refractivity contribution in [3.05, 3.63) is 30.1 Å². The fourth-order valence-corrected chi connectivity index (χ4v) is 3.17. The van der Waals surface area contributed by atoms with Gasteiger partial charge in [0.25, 0.3) is 0 Å². The molecular weight excluding hydrogens is 212 g/mol. The summed E-state index contributed by atoms with van der Waals surface area (Å²) in [7, 11) is -2.83. The second-order valence-electron chi connectivity index (χ2n) is 3.62. The van der Waals surface area contributed by atoms with Crippen molar-refractivity contribution in [1.29, 1.82) is 0 Å². The van der Waals surface area contributed by atoms with Crippen molar-refractivity contribution in [1.82, 2.24) is 4.98 Å². The third kappa shape index (κ3) is 2.86. The van der Waals surface area contributed by atoms with Crippen LogP contribution in [-0.4, -0.2) is 37.2 Å². The number of sulfone groups is 1. The quantitative estimate of drug-likeness (QED) is 0.694. The maximum atomic E-state index is 11.2. The lowest BCUT2D eigenvalue weighted by molar-refractivity contribution is 0.601. The summed E-state index contributed by atoms with van der Waals surface area (Å²) >= 11 is 0. The zero-order valence-corrected chi connectivity index (χ0v) is 9.02. The Morgan fingerprint density at radius 2 is 2.13 bits per heavy atom. The Morgan fingerprint density at radius 3 is 2.73 bits per heavy atom. The molecule has 0 amide bonds. The third-order valence-corrected chi connectivity index (χ3v) is 4.10. The number of hydrogen-bond acceptors (Lipinski definition) is 4. The molecule has 1 fully saturated rings. The van der Waals surface area contributed by atoms with Crippen molar-refractivity contribution >= 4 is 16.1 Å². The van der Waals surface area contributed by atoms with Crippen LogP contribution < -0.4 is 0 Å². The summed E-state index contributed by atoms with van der Waals surface area (Å²) in [6, 6.07) is 3.61. The lowest BCUT2D eigenvalue weighted by atomic mass is 10.2. The van der Waals surface area contributed by atoms with Gasteiger partial charge in [-0.25, -0.2) is 8.42 Å². The molecule has 15 heavy (non-hydrogen) atoms. The van der Waals surface area contributed by atoms with Crippen molar-refractivity contribution in [3.63, 3.8) is 0 Å². The van der Waals surface area contributed by atoms with E-state index in [1.807, 2.05) is 12.1 Å². The minimum atomic E-state index is -2.83. The van der Waals surface area contributed by atoms with E-state index in [2.05, 4.69) is 9.98 Å². The summed E-state index contributed by atoms with van der Waals surface area (Å²) in [6.07, 6.45) is 5.73. The largest absolute Gasteiger partial charge is 0.288 e. The first-order valence-electron chi connectivity index (χ1n) is 4.79. The molecule has 1 saturated heterocycles. The van der Waals surface area contributed by atoms with Crippen molar-refractivity contribution in [2.24, 2.45) is 4.99 Å². The van der Waals surface area contributed by atoms with Crippen LogP contribution in [0.3, 0.4) is 0 Å². The molecule has 0 aliphatic carbocycles. The Kier molecular flexibility index (Phi) is 2.81. The smallest absolute Gasteiger partial charge is 0.152 e. The molecule has 1 aliphatic heterocycles. The minimum Gasteiger partial charge on any atom is -0.288 e. The van der Waals surface area contributed by atoms with Crippen molar-refractivity contribution in [3.8, 4) is 0 Å².